The van der Waals surface area contributed by atoms with Crippen LogP contribution in [0.2, 0.25) is 0 Å². The fourth-order valence-corrected chi connectivity index (χ4v) is 7.69. The van der Waals surface area contributed by atoms with E-state index in [0.717, 1.165) is 0 Å². The van der Waals surface area contributed by atoms with E-state index in [1.54, 1.807) is 0 Å². The number of thiophene rings is 1. The predicted molar refractivity (Wildman–Crippen MR) is 187 cm³/mol. The average Bonchev–Trinajstić information content (AvgIpc) is 3.54. The number of hydrogen-bond donors (Lipinski definition) is 0. The summed E-state index contributed by atoms with van der Waals surface area (Å²) in [7, 11) is 0.250. The van der Waals surface area contributed by atoms with Crippen LogP contribution in [0.5, 0.6) is 0 Å². The summed E-state index contributed by atoms with van der Waals surface area (Å²) in [5.41, 5.74) is 2.59. The summed E-state index contributed by atoms with van der Waals surface area (Å²) in [5.74, 6) is 0. The van der Waals surface area contributed by atoms with Crippen LogP contribution in [0.1, 0.15) is 0 Å². The lowest BCUT2D eigenvalue weighted by atomic mass is 9.91. The SMILES string of the molecule is [3H]P=S.c1cc2ccc3ccc(-c4ccc(-c5ccc6c7ccccc7c7ccccc7c6c5)s4)c4ccc(c1)c2c34. The van der Waals surface area contributed by atoms with Gasteiger partial charge in [-0.05, 0) is 102 Å². The minimum atomic E-state index is 0.250. The highest BCUT2D eigenvalue weighted by Crippen LogP contribution is 2.43. The molecular weight excluding hydrogens is 552 g/mol. The molecule has 1 heterocycles. The van der Waals surface area contributed by atoms with Crippen molar-refractivity contribution in [2.24, 2.45) is 0 Å². The Bertz CT molecular complexity index is 2410. The molecule has 0 saturated carbocycles. The molecule has 0 aliphatic rings. The Kier molecular flexibility index (Phi) is 5.57. The fourth-order valence-electron chi connectivity index (χ4n) is 6.65. The van der Waals surface area contributed by atoms with Gasteiger partial charge in [-0.25, -0.2) is 0 Å². The van der Waals surface area contributed by atoms with Gasteiger partial charge in [0.1, 0.15) is 1.28 Å². The van der Waals surface area contributed by atoms with E-state index in [2.05, 4.69) is 145 Å². The maximum atomic E-state index is 6.00. The first-order valence-corrected chi connectivity index (χ1v) is 15.9. The third-order valence-corrected chi connectivity index (χ3v) is 9.60. The van der Waals surface area contributed by atoms with Crippen molar-refractivity contribution in [2.45, 2.75) is 0 Å². The zero-order valence-electron chi connectivity index (χ0n) is 23.0. The minimum Gasteiger partial charge on any atom is -0.135 e. The molecule has 3 heteroatoms. The first-order chi connectivity index (χ1) is 20.7. The Morgan fingerprint density at radius 3 is 1.66 bits per heavy atom. The van der Waals surface area contributed by atoms with Gasteiger partial charge in [-0.3, -0.25) is 0 Å². The van der Waals surface area contributed by atoms with Crippen LogP contribution in [0.3, 0.4) is 0 Å². The maximum absolute atomic E-state index is 6.00. The monoisotopic (exact) mass is 576 g/mol. The Labute approximate surface area is 250 Å². The lowest BCUT2D eigenvalue weighted by molar-refractivity contribution is 1.75. The molecular formula is C38H23PS2. The van der Waals surface area contributed by atoms with Gasteiger partial charge in [0.15, 0.2) is 0 Å². The molecule has 0 nitrogen and oxygen atoms in total. The Balaban J connectivity index is 0.000000856. The molecule has 0 aliphatic carbocycles. The first-order valence-electron chi connectivity index (χ1n) is 14.1. The molecule has 0 saturated heterocycles. The molecule has 192 valence electrons. The van der Waals surface area contributed by atoms with Crippen LogP contribution in [-0.4, -0.2) is 1.28 Å². The molecule has 9 aromatic rings. The Morgan fingerprint density at radius 1 is 0.463 bits per heavy atom. The second-order valence-corrected chi connectivity index (χ2v) is 11.6. The zero-order chi connectivity index (χ0) is 28.2. The highest BCUT2D eigenvalue weighted by Gasteiger charge is 2.15. The summed E-state index contributed by atoms with van der Waals surface area (Å²) in [5, 5.41) is 15.9. The number of benzene rings is 8. The summed E-state index contributed by atoms with van der Waals surface area (Å²) in [4.78, 5) is 2.61. The number of rotatable bonds is 2. The van der Waals surface area contributed by atoms with Crippen LogP contribution in [0.25, 0.3) is 85.5 Å². The van der Waals surface area contributed by atoms with Gasteiger partial charge in [-0.15, -0.1) is 11.3 Å². The third kappa shape index (κ3) is 3.72. The van der Waals surface area contributed by atoms with Crippen molar-refractivity contribution in [2.75, 3.05) is 0 Å². The highest BCUT2D eigenvalue weighted by atomic mass is 32.4. The second kappa shape index (κ2) is 9.72. The van der Waals surface area contributed by atoms with Crippen LogP contribution in [0.4, 0.5) is 0 Å². The topological polar surface area (TPSA) is 0 Å². The maximum Gasteiger partial charge on any atom is 0.105 e. The van der Waals surface area contributed by atoms with E-state index in [1.807, 2.05) is 11.3 Å². The molecule has 41 heavy (non-hydrogen) atoms. The van der Waals surface area contributed by atoms with Crippen LogP contribution >= 0.6 is 19.3 Å². The van der Waals surface area contributed by atoms with Crippen molar-refractivity contribution in [3.63, 3.8) is 0 Å². The van der Waals surface area contributed by atoms with Crippen molar-refractivity contribution >= 4 is 95.7 Å². The smallest absolute Gasteiger partial charge is 0.105 e. The van der Waals surface area contributed by atoms with E-state index in [-0.39, 0.29) is 7.96 Å². The van der Waals surface area contributed by atoms with Crippen molar-refractivity contribution in [3.8, 4) is 20.9 Å². The molecule has 0 aliphatic heterocycles. The molecule has 0 N–H and O–H groups in total. The van der Waals surface area contributed by atoms with Crippen molar-refractivity contribution in [1.82, 2.24) is 0 Å². The van der Waals surface area contributed by atoms with Crippen molar-refractivity contribution < 1.29 is 0 Å². The minimum absolute atomic E-state index is 0.250. The fraction of sp³-hybridized carbons (Fsp3) is 0. The molecule has 0 radical (unpaired) electrons. The molecule has 1 aromatic heterocycles. The van der Waals surface area contributed by atoms with Gasteiger partial charge in [0, 0.05) is 9.75 Å². The largest absolute Gasteiger partial charge is 0.135 e. The molecule has 0 amide bonds. The average molecular weight is 577 g/mol. The van der Waals surface area contributed by atoms with E-state index >= 15 is 0 Å². The highest BCUT2D eigenvalue weighted by molar-refractivity contribution is 7.88. The van der Waals surface area contributed by atoms with Crippen LogP contribution in [0, 0.1) is 0 Å². The van der Waals surface area contributed by atoms with E-state index in [9.17, 15) is 0 Å². The third-order valence-electron chi connectivity index (χ3n) is 8.43. The lowest BCUT2D eigenvalue weighted by Crippen LogP contribution is -1.85. The quantitative estimate of drug-likeness (QED) is 0.146. The van der Waals surface area contributed by atoms with Gasteiger partial charge in [-0.1, -0.05) is 127 Å². The molecule has 0 fully saturated rings. The summed E-state index contributed by atoms with van der Waals surface area (Å²) in [6.07, 6.45) is 0. The summed E-state index contributed by atoms with van der Waals surface area (Å²) >= 11 is 5.92. The van der Waals surface area contributed by atoms with Gasteiger partial charge in [0.2, 0.25) is 0 Å². The van der Waals surface area contributed by atoms with E-state index < -0.39 is 0 Å². The summed E-state index contributed by atoms with van der Waals surface area (Å²) in [6, 6.07) is 49.5. The molecule has 0 bridgehead atoms. The van der Waals surface area contributed by atoms with Crippen molar-refractivity contribution in [1.29, 1.82) is 1.28 Å². The van der Waals surface area contributed by atoms with Crippen LogP contribution in [0.15, 0.2) is 133 Å². The normalized spacial score (nSPS) is 12.0. The standard InChI is InChI=1S/C38H22S.HPS/c1-2-10-29-27(8-1)28-9-3-4-11-30(28)34-22-26(16-17-31(29)34)35-20-21-36(39-35)32-18-14-25-13-12-23-6-5-7-24-15-19-33(32)38(25)37(23)24;1-2/h1-22H;1H/i;1T. The molecule has 0 unspecified atom stereocenters. The lowest BCUT2D eigenvalue weighted by Gasteiger charge is -2.13. The number of fused-ring (bicyclic) bond motifs is 6. The van der Waals surface area contributed by atoms with Gasteiger partial charge in [-0.2, -0.15) is 0 Å². The zero-order valence-corrected chi connectivity index (χ0v) is 24.5. The summed E-state index contributed by atoms with van der Waals surface area (Å²) < 4.78 is 6.00. The van der Waals surface area contributed by atoms with Crippen LogP contribution in [-0.2, 0) is 11.8 Å². The van der Waals surface area contributed by atoms with Crippen molar-refractivity contribution in [3.05, 3.63) is 133 Å². The first kappa shape index (κ1) is 23.5. The predicted octanol–water partition coefficient (Wildman–Crippen LogP) is 12.0. The molecule has 9 rings (SSSR count). The molecule has 0 spiro atoms. The van der Waals surface area contributed by atoms with Gasteiger partial charge in [0.25, 0.3) is 0 Å². The number of hydrogen-bond acceptors (Lipinski definition) is 2. The van der Waals surface area contributed by atoms with E-state index in [0.29, 0.717) is 0 Å². The van der Waals surface area contributed by atoms with Gasteiger partial charge in [0.05, 0.1) is 0 Å². The summed E-state index contributed by atoms with van der Waals surface area (Å²) in [6.45, 7) is 0. The molecule has 8 aromatic carbocycles. The Hall–Kier alpha value is -4.20. The van der Waals surface area contributed by atoms with E-state index in [1.165, 1.54) is 85.5 Å². The van der Waals surface area contributed by atoms with Crippen LogP contribution < -0.4 is 0 Å². The van der Waals surface area contributed by atoms with Gasteiger partial charge >= 0.3 is 0 Å². The van der Waals surface area contributed by atoms with Gasteiger partial charge < -0.3 is 0 Å². The Morgan fingerprint density at radius 2 is 0.976 bits per heavy atom. The second-order valence-electron chi connectivity index (χ2n) is 10.5. The molecule has 0 atom stereocenters. The van der Waals surface area contributed by atoms with E-state index in [4.69, 9.17) is 1.28 Å².